The van der Waals surface area contributed by atoms with E-state index in [1.54, 1.807) is 18.5 Å². The SMILES string of the molecule is COc1ccc(C(C)(F)F)cc1-c1n[nH]cc1NC(=O)c1cnn2cccnc12. The van der Waals surface area contributed by atoms with Gasteiger partial charge < -0.3 is 10.1 Å². The van der Waals surface area contributed by atoms with Crippen molar-refractivity contribution in [1.82, 2.24) is 24.8 Å². The Labute approximate surface area is 163 Å². The minimum absolute atomic E-state index is 0.194. The fourth-order valence-corrected chi connectivity index (χ4v) is 2.93. The van der Waals surface area contributed by atoms with Crippen molar-refractivity contribution < 1.29 is 18.3 Å². The predicted octanol–water partition coefficient (Wildman–Crippen LogP) is 3.49. The second-order valence-electron chi connectivity index (χ2n) is 6.35. The summed E-state index contributed by atoms with van der Waals surface area (Å²) in [5.41, 5.74) is 1.35. The molecule has 29 heavy (non-hydrogen) atoms. The fourth-order valence-electron chi connectivity index (χ4n) is 2.93. The van der Waals surface area contributed by atoms with Crippen molar-refractivity contribution in [3.8, 4) is 17.0 Å². The molecule has 0 saturated carbocycles. The molecule has 0 radical (unpaired) electrons. The number of H-pyrrole nitrogens is 1. The molecule has 0 saturated heterocycles. The number of anilines is 1. The van der Waals surface area contributed by atoms with E-state index < -0.39 is 11.8 Å². The average molecular weight is 398 g/mol. The number of halogens is 2. The molecule has 0 unspecified atom stereocenters. The van der Waals surface area contributed by atoms with Crippen LogP contribution in [0.2, 0.25) is 0 Å². The van der Waals surface area contributed by atoms with Crippen molar-refractivity contribution in [2.45, 2.75) is 12.8 Å². The van der Waals surface area contributed by atoms with Crippen molar-refractivity contribution in [2.75, 3.05) is 12.4 Å². The van der Waals surface area contributed by atoms with E-state index in [1.807, 2.05) is 0 Å². The van der Waals surface area contributed by atoms with Gasteiger partial charge in [-0.05, 0) is 24.3 Å². The monoisotopic (exact) mass is 398 g/mol. The maximum atomic E-state index is 13.8. The molecular formula is C19H16F2N6O2. The smallest absolute Gasteiger partial charge is 0.270 e. The number of ether oxygens (including phenoxy) is 1. The number of aromatic nitrogens is 5. The highest BCUT2D eigenvalue weighted by Gasteiger charge is 2.27. The number of methoxy groups -OCH3 is 1. The molecule has 1 amide bonds. The zero-order valence-electron chi connectivity index (χ0n) is 15.5. The van der Waals surface area contributed by atoms with Crippen LogP contribution in [-0.4, -0.2) is 37.8 Å². The molecule has 0 bridgehead atoms. The highest BCUT2D eigenvalue weighted by molar-refractivity contribution is 6.09. The molecule has 3 aromatic heterocycles. The molecule has 8 nitrogen and oxygen atoms in total. The number of aromatic amines is 1. The predicted molar refractivity (Wildman–Crippen MR) is 101 cm³/mol. The molecule has 2 N–H and O–H groups in total. The topological polar surface area (TPSA) is 97.2 Å². The third-order valence-electron chi connectivity index (χ3n) is 4.37. The summed E-state index contributed by atoms with van der Waals surface area (Å²) in [4.78, 5) is 16.9. The van der Waals surface area contributed by atoms with Gasteiger partial charge >= 0.3 is 0 Å². The van der Waals surface area contributed by atoms with Gasteiger partial charge in [0.15, 0.2) is 5.65 Å². The van der Waals surface area contributed by atoms with Crippen LogP contribution in [0.15, 0.2) is 49.1 Å². The Hall–Kier alpha value is -3.82. The third-order valence-corrected chi connectivity index (χ3v) is 4.37. The Balaban J connectivity index is 1.72. The van der Waals surface area contributed by atoms with Crippen LogP contribution in [0.4, 0.5) is 14.5 Å². The second kappa shape index (κ2) is 6.97. The van der Waals surface area contributed by atoms with Crippen LogP contribution in [0.25, 0.3) is 16.9 Å². The van der Waals surface area contributed by atoms with Gasteiger partial charge in [-0.2, -0.15) is 10.2 Å². The molecule has 1 aromatic carbocycles. The molecule has 0 aliphatic rings. The summed E-state index contributed by atoms with van der Waals surface area (Å²) in [6, 6.07) is 5.72. The van der Waals surface area contributed by atoms with Gasteiger partial charge in [0.1, 0.15) is 17.0 Å². The maximum Gasteiger partial charge on any atom is 0.270 e. The van der Waals surface area contributed by atoms with Crippen molar-refractivity contribution in [3.05, 3.63) is 60.2 Å². The summed E-state index contributed by atoms with van der Waals surface area (Å²) in [7, 11) is 1.43. The zero-order valence-corrected chi connectivity index (χ0v) is 15.5. The Bertz CT molecular complexity index is 1190. The van der Waals surface area contributed by atoms with Crippen molar-refractivity contribution in [2.24, 2.45) is 0 Å². The molecule has 4 aromatic rings. The summed E-state index contributed by atoms with van der Waals surface area (Å²) in [6.45, 7) is 0.810. The van der Waals surface area contributed by atoms with Crippen LogP contribution in [0, 0.1) is 0 Å². The molecule has 0 fully saturated rings. The van der Waals surface area contributed by atoms with E-state index in [1.165, 1.54) is 42.2 Å². The first-order chi connectivity index (χ1) is 13.9. The number of carbonyl (C=O) groups is 1. The van der Waals surface area contributed by atoms with E-state index in [9.17, 15) is 13.6 Å². The molecular weight excluding hydrogens is 382 g/mol. The minimum Gasteiger partial charge on any atom is -0.496 e. The van der Waals surface area contributed by atoms with Gasteiger partial charge in [0, 0.05) is 36.6 Å². The first-order valence-corrected chi connectivity index (χ1v) is 8.58. The number of alkyl halides is 2. The number of nitrogens with zero attached hydrogens (tertiary/aromatic N) is 4. The van der Waals surface area contributed by atoms with Crippen LogP contribution in [0.3, 0.4) is 0 Å². The Morgan fingerprint density at radius 1 is 1.34 bits per heavy atom. The molecule has 0 aliphatic carbocycles. The van der Waals surface area contributed by atoms with E-state index >= 15 is 0 Å². The Morgan fingerprint density at radius 2 is 2.17 bits per heavy atom. The first-order valence-electron chi connectivity index (χ1n) is 8.58. The summed E-state index contributed by atoms with van der Waals surface area (Å²) >= 11 is 0. The largest absolute Gasteiger partial charge is 0.496 e. The average Bonchev–Trinajstić information content (AvgIpc) is 3.33. The molecule has 148 valence electrons. The van der Waals surface area contributed by atoms with E-state index in [-0.39, 0.29) is 16.8 Å². The van der Waals surface area contributed by atoms with E-state index in [2.05, 4.69) is 25.6 Å². The number of carbonyl (C=O) groups excluding carboxylic acids is 1. The number of amides is 1. The number of fused-ring (bicyclic) bond motifs is 1. The number of benzene rings is 1. The van der Waals surface area contributed by atoms with E-state index in [0.717, 1.165) is 6.92 Å². The van der Waals surface area contributed by atoms with Crippen molar-refractivity contribution >= 4 is 17.2 Å². The van der Waals surface area contributed by atoms with Gasteiger partial charge in [-0.15, -0.1) is 0 Å². The summed E-state index contributed by atoms with van der Waals surface area (Å²) < 4.78 is 34.4. The third kappa shape index (κ3) is 3.40. The zero-order chi connectivity index (χ0) is 20.6. The first kappa shape index (κ1) is 18.5. The Morgan fingerprint density at radius 3 is 2.93 bits per heavy atom. The summed E-state index contributed by atoms with van der Waals surface area (Å²) in [5, 5.41) is 13.6. The second-order valence-corrected chi connectivity index (χ2v) is 6.35. The van der Waals surface area contributed by atoms with Crippen molar-refractivity contribution in [1.29, 1.82) is 0 Å². The molecule has 0 aliphatic heterocycles. The normalized spacial score (nSPS) is 11.6. The maximum absolute atomic E-state index is 13.8. The lowest BCUT2D eigenvalue weighted by molar-refractivity contribution is 0.0175. The van der Waals surface area contributed by atoms with Crippen LogP contribution < -0.4 is 10.1 Å². The number of nitrogens with one attached hydrogen (secondary N) is 2. The quantitative estimate of drug-likeness (QED) is 0.536. The van der Waals surface area contributed by atoms with Gasteiger partial charge in [-0.3, -0.25) is 9.89 Å². The van der Waals surface area contributed by atoms with Gasteiger partial charge in [-0.1, -0.05) is 0 Å². The standard InChI is InChI=1S/C19H16F2N6O2/c1-19(20,21)11-4-5-15(29-2)12(8-11)16-14(10-23-26-16)25-18(28)13-9-24-27-7-3-6-22-17(13)27/h3-10H,1-2H3,(H,23,26)(H,25,28). The van der Waals surface area contributed by atoms with Crippen LogP contribution in [0.5, 0.6) is 5.75 Å². The molecule has 0 spiro atoms. The van der Waals surface area contributed by atoms with E-state index in [4.69, 9.17) is 4.74 Å². The molecule has 4 rings (SSSR count). The van der Waals surface area contributed by atoms with Gasteiger partial charge in [0.05, 0.1) is 19.0 Å². The highest BCUT2D eigenvalue weighted by Crippen LogP contribution is 2.38. The number of hydrogen-bond acceptors (Lipinski definition) is 5. The molecule has 0 atom stereocenters. The lowest BCUT2D eigenvalue weighted by atomic mass is 10.0. The van der Waals surface area contributed by atoms with Gasteiger partial charge in [0.25, 0.3) is 11.8 Å². The van der Waals surface area contributed by atoms with Crippen LogP contribution in [-0.2, 0) is 5.92 Å². The van der Waals surface area contributed by atoms with Gasteiger partial charge in [0.2, 0.25) is 0 Å². The number of rotatable bonds is 5. The highest BCUT2D eigenvalue weighted by atomic mass is 19.3. The molecule has 10 heteroatoms. The van der Waals surface area contributed by atoms with Gasteiger partial charge in [-0.25, -0.2) is 18.3 Å². The Kier molecular flexibility index (Phi) is 4.45. The number of hydrogen-bond donors (Lipinski definition) is 2. The van der Waals surface area contributed by atoms with Crippen LogP contribution >= 0.6 is 0 Å². The lowest BCUT2D eigenvalue weighted by Gasteiger charge is -2.15. The molecule has 3 heterocycles. The summed E-state index contributed by atoms with van der Waals surface area (Å²) in [5.74, 6) is -3.15. The van der Waals surface area contributed by atoms with Crippen LogP contribution in [0.1, 0.15) is 22.8 Å². The summed E-state index contributed by atoms with van der Waals surface area (Å²) in [6.07, 6.45) is 6.08. The lowest BCUT2D eigenvalue weighted by Crippen LogP contribution is -2.12. The minimum atomic E-state index is -3.04. The fraction of sp³-hybridized carbons (Fsp3) is 0.158. The van der Waals surface area contributed by atoms with Crippen molar-refractivity contribution in [3.63, 3.8) is 0 Å². The van der Waals surface area contributed by atoms with E-state index in [0.29, 0.717) is 22.6 Å².